The van der Waals surface area contributed by atoms with Gasteiger partial charge in [0.1, 0.15) is 0 Å². The van der Waals surface area contributed by atoms with Crippen LogP contribution in [0.2, 0.25) is 0 Å². The van der Waals surface area contributed by atoms with Crippen LogP contribution in [0.5, 0.6) is 0 Å². The van der Waals surface area contributed by atoms with E-state index in [4.69, 9.17) is 5.73 Å². The van der Waals surface area contributed by atoms with Crippen LogP contribution in [0.3, 0.4) is 0 Å². The highest BCUT2D eigenvalue weighted by Gasteiger charge is 2.14. The normalized spacial score (nSPS) is 11.4. The van der Waals surface area contributed by atoms with Gasteiger partial charge in [-0.3, -0.25) is 4.40 Å². The van der Waals surface area contributed by atoms with Crippen molar-refractivity contribution in [2.24, 2.45) is 5.73 Å². The number of fused-ring (bicyclic) bond motifs is 1. The first-order valence-electron chi connectivity index (χ1n) is 5.50. The minimum absolute atomic E-state index is 0.661. The zero-order valence-electron chi connectivity index (χ0n) is 9.51. The average molecular weight is 263 g/mol. The molecular formula is C12H13N3S2. The standard InChI is InChI=1S/C12H13N3S2/c1-8-9(4-5-13)15-10(7-17-12(15)14-8)11-3-2-6-16-11/h2-3,6-7H,4-5,13H2,1H3. The van der Waals surface area contributed by atoms with Crippen molar-refractivity contribution < 1.29 is 0 Å². The number of imidazole rings is 1. The van der Waals surface area contributed by atoms with E-state index in [-0.39, 0.29) is 0 Å². The summed E-state index contributed by atoms with van der Waals surface area (Å²) < 4.78 is 2.25. The van der Waals surface area contributed by atoms with E-state index in [0.717, 1.165) is 17.1 Å². The van der Waals surface area contributed by atoms with Gasteiger partial charge in [-0.15, -0.1) is 22.7 Å². The van der Waals surface area contributed by atoms with Crippen LogP contribution < -0.4 is 5.73 Å². The second kappa shape index (κ2) is 4.25. The minimum Gasteiger partial charge on any atom is -0.330 e. The van der Waals surface area contributed by atoms with E-state index < -0.39 is 0 Å². The van der Waals surface area contributed by atoms with Crippen molar-refractivity contribution in [3.63, 3.8) is 0 Å². The lowest BCUT2D eigenvalue weighted by Gasteiger charge is -2.02. The van der Waals surface area contributed by atoms with Gasteiger partial charge in [-0.2, -0.15) is 0 Å². The van der Waals surface area contributed by atoms with Gasteiger partial charge in [0, 0.05) is 17.5 Å². The van der Waals surface area contributed by atoms with Gasteiger partial charge in [0.25, 0.3) is 0 Å². The molecule has 3 aromatic rings. The molecule has 0 amide bonds. The number of thiophene rings is 1. The van der Waals surface area contributed by atoms with Crippen LogP contribution in [0.25, 0.3) is 15.5 Å². The molecule has 0 saturated carbocycles. The van der Waals surface area contributed by atoms with E-state index in [9.17, 15) is 0 Å². The quantitative estimate of drug-likeness (QED) is 0.789. The molecule has 0 spiro atoms. The van der Waals surface area contributed by atoms with Crippen LogP contribution in [0, 0.1) is 6.92 Å². The Morgan fingerprint density at radius 3 is 3.00 bits per heavy atom. The minimum atomic E-state index is 0.661. The summed E-state index contributed by atoms with van der Waals surface area (Å²) in [6.45, 7) is 2.72. The number of nitrogens with two attached hydrogens (primary N) is 1. The molecule has 0 atom stereocenters. The van der Waals surface area contributed by atoms with Gasteiger partial charge in [-0.25, -0.2) is 4.98 Å². The lowest BCUT2D eigenvalue weighted by Crippen LogP contribution is -2.06. The number of hydrogen-bond donors (Lipinski definition) is 1. The van der Waals surface area contributed by atoms with Gasteiger partial charge in [0.15, 0.2) is 4.96 Å². The molecule has 0 saturated heterocycles. The topological polar surface area (TPSA) is 43.3 Å². The number of nitrogens with zero attached hydrogens (tertiary/aromatic N) is 2. The van der Waals surface area contributed by atoms with Crippen LogP contribution >= 0.6 is 22.7 Å². The fourth-order valence-electron chi connectivity index (χ4n) is 2.05. The third-order valence-corrected chi connectivity index (χ3v) is 4.53. The van der Waals surface area contributed by atoms with Crippen molar-refractivity contribution in [2.45, 2.75) is 13.3 Å². The van der Waals surface area contributed by atoms with Crippen LogP contribution in [-0.2, 0) is 6.42 Å². The van der Waals surface area contributed by atoms with Crippen LogP contribution in [0.15, 0.2) is 22.9 Å². The Morgan fingerprint density at radius 1 is 1.41 bits per heavy atom. The fourth-order valence-corrected chi connectivity index (χ4v) is 3.81. The third kappa shape index (κ3) is 1.71. The highest BCUT2D eigenvalue weighted by Crippen LogP contribution is 2.31. The Labute approximate surface area is 108 Å². The Morgan fingerprint density at radius 2 is 2.29 bits per heavy atom. The molecule has 88 valence electrons. The van der Waals surface area contributed by atoms with Crippen LogP contribution in [-0.4, -0.2) is 15.9 Å². The number of aromatic nitrogens is 2. The maximum absolute atomic E-state index is 5.68. The maximum Gasteiger partial charge on any atom is 0.194 e. The summed E-state index contributed by atoms with van der Waals surface area (Å²) >= 11 is 3.45. The average Bonchev–Trinajstić information content (AvgIpc) is 2.97. The van der Waals surface area contributed by atoms with Gasteiger partial charge in [0.2, 0.25) is 0 Å². The van der Waals surface area contributed by atoms with Gasteiger partial charge in [-0.1, -0.05) is 6.07 Å². The smallest absolute Gasteiger partial charge is 0.194 e. The molecule has 0 unspecified atom stereocenters. The molecule has 3 aromatic heterocycles. The van der Waals surface area contributed by atoms with Crippen molar-refractivity contribution in [1.29, 1.82) is 0 Å². The largest absolute Gasteiger partial charge is 0.330 e. The molecular weight excluding hydrogens is 250 g/mol. The van der Waals surface area contributed by atoms with Crippen LogP contribution in [0.4, 0.5) is 0 Å². The van der Waals surface area contributed by atoms with Crippen molar-refractivity contribution in [3.8, 4) is 10.6 Å². The first kappa shape index (κ1) is 11.0. The third-order valence-electron chi connectivity index (χ3n) is 2.81. The summed E-state index contributed by atoms with van der Waals surface area (Å²) in [6.07, 6.45) is 0.877. The monoisotopic (exact) mass is 263 g/mol. The predicted octanol–water partition coefficient (Wildman–Crippen LogP) is 2.93. The molecule has 0 radical (unpaired) electrons. The van der Waals surface area contributed by atoms with E-state index in [1.165, 1.54) is 16.3 Å². The molecule has 17 heavy (non-hydrogen) atoms. The van der Waals surface area contributed by atoms with E-state index in [2.05, 4.69) is 39.2 Å². The molecule has 0 aliphatic rings. The van der Waals surface area contributed by atoms with Gasteiger partial charge < -0.3 is 5.73 Å². The zero-order chi connectivity index (χ0) is 11.8. The van der Waals surface area contributed by atoms with E-state index in [0.29, 0.717) is 6.54 Å². The van der Waals surface area contributed by atoms with Crippen molar-refractivity contribution >= 4 is 27.6 Å². The maximum atomic E-state index is 5.68. The lowest BCUT2D eigenvalue weighted by atomic mass is 10.2. The molecule has 0 fully saturated rings. The number of hydrogen-bond acceptors (Lipinski definition) is 4. The second-order valence-corrected chi connectivity index (χ2v) is 5.68. The van der Waals surface area contributed by atoms with Gasteiger partial charge in [-0.05, 0) is 24.9 Å². The molecule has 0 aliphatic carbocycles. The Hall–Kier alpha value is -1.17. The molecule has 3 rings (SSSR count). The lowest BCUT2D eigenvalue weighted by molar-refractivity contribution is 0.900. The Kier molecular flexibility index (Phi) is 2.74. The highest BCUT2D eigenvalue weighted by molar-refractivity contribution is 7.16. The summed E-state index contributed by atoms with van der Waals surface area (Å²) in [6, 6.07) is 4.23. The SMILES string of the molecule is Cc1nc2scc(-c3cccs3)n2c1CCN. The molecule has 3 nitrogen and oxygen atoms in total. The molecule has 0 aromatic carbocycles. The first-order chi connectivity index (χ1) is 8.31. The second-order valence-electron chi connectivity index (χ2n) is 3.90. The summed E-state index contributed by atoms with van der Waals surface area (Å²) in [5.41, 5.74) is 9.26. The molecule has 0 bridgehead atoms. The Balaban J connectivity index is 2.26. The summed E-state index contributed by atoms with van der Waals surface area (Å²) in [5, 5.41) is 4.28. The summed E-state index contributed by atoms with van der Waals surface area (Å²) in [5.74, 6) is 0. The zero-order valence-corrected chi connectivity index (χ0v) is 11.1. The summed E-state index contributed by atoms with van der Waals surface area (Å²) in [7, 11) is 0. The summed E-state index contributed by atoms with van der Waals surface area (Å²) in [4.78, 5) is 6.94. The van der Waals surface area contributed by atoms with Crippen molar-refractivity contribution in [2.75, 3.05) is 6.54 Å². The van der Waals surface area contributed by atoms with Crippen molar-refractivity contribution in [1.82, 2.24) is 9.38 Å². The van der Waals surface area contributed by atoms with E-state index in [1.54, 1.807) is 22.7 Å². The van der Waals surface area contributed by atoms with Crippen molar-refractivity contribution in [3.05, 3.63) is 34.3 Å². The van der Waals surface area contributed by atoms with E-state index >= 15 is 0 Å². The highest BCUT2D eigenvalue weighted by atomic mass is 32.1. The predicted molar refractivity (Wildman–Crippen MR) is 73.9 cm³/mol. The van der Waals surface area contributed by atoms with Gasteiger partial charge in [0.05, 0.1) is 16.3 Å². The molecule has 0 aliphatic heterocycles. The Bertz CT molecular complexity index is 634. The number of rotatable bonds is 3. The molecule has 2 N–H and O–H groups in total. The molecule has 5 heteroatoms. The number of aryl methyl sites for hydroxylation is 1. The van der Waals surface area contributed by atoms with Gasteiger partial charge >= 0.3 is 0 Å². The van der Waals surface area contributed by atoms with Crippen LogP contribution in [0.1, 0.15) is 11.4 Å². The van der Waals surface area contributed by atoms with E-state index in [1.807, 2.05) is 0 Å². The first-order valence-corrected chi connectivity index (χ1v) is 7.26. The molecule has 3 heterocycles. The number of thiazole rings is 1. The fraction of sp³-hybridized carbons (Fsp3) is 0.250.